The van der Waals surface area contributed by atoms with Gasteiger partial charge in [-0.05, 0) is 51.3 Å². The van der Waals surface area contributed by atoms with Crippen LogP contribution in [0.1, 0.15) is 32.2 Å². The molecule has 0 unspecified atom stereocenters. The van der Waals surface area contributed by atoms with Crippen LogP contribution in [-0.2, 0) is 11.3 Å². The summed E-state index contributed by atoms with van der Waals surface area (Å²) in [7, 11) is 0. The lowest BCUT2D eigenvalue weighted by Crippen LogP contribution is -2.47. The lowest BCUT2D eigenvalue weighted by atomic mass is 10.1. The molecule has 1 aromatic carbocycles. The van der Waals surface area contributed by atoms with Crippen LogP contribution in [0.4, 0.5) is 5.69 Å². The number of benzene rings is 1. The van der Waals surface area contributed by atoms with Gasteiger partial charge in [-0.1, -0.05) is 11.2 Å². The molecule has 158 valence electrons. The van der Waals surface area contributed by atoms with E-state index in [1.165, 1.54) is 29.5 Å². The third-order valence-electron chi connectivity index (χ3n) is 4.34. The maximum Gasteiger partial charge on any atom is 0.272 e. The van der Waals surface area contributed by atoms with Crippen molar-refractivity contribution in [2.75, 3.05) is 6.61 Å². The third-order valence-corrected chi connectivity index (χ3v) is 5.21. The normalized spacial score (nSPS) is 11.3. The van der Waals surface area contributed by atoms with Gasteiger partial charge in [0.15, 0.2) is 6.61 Å². The Morgan fingerprint density at radius 2 is 2.10 bits per heavy atom. The molecule has 0 aliphatic rings. The number of amides is 1. The molecule has 0 fully saturated rings. The minimum Gasteiger partial charge on any atom is -0.484 e. The van der Waals surface area contributed by atoms with Crippen LogP contribution in [0.5, 0.6) is 5.75 Å². The van der Waals surface area contributed by atoms with Crippen LogP contribution in [0.2, 0.25) is 0 Å². The Morgan fingerprint density at radius 1 is 1.33 bits per heavy atom. The second kappa shape index (κ2) is 8.62. The smallest absolute Gasteiger partial charge is 0.272 e. The SMILES string of the molecule is Cc1cc(OCC(=O)N(Cc2nc(-c3cccs3)no2)C(C)(C)C)ccc1[N+](=O)[O-]. The number of carbonyl (C=O) groups is 1. The average molecular weight is 430 g/mol. The number of nitro benzene ring substituents is 1. The Kier molecular flexibility index (Phi) is 6.16. The predicted octanol–water partition coefficient (Wildman–Crippen LogP) is 4.22. The summed E-state index contributed by atoms with van der Waals surface area (Å²) in [5.74, 6) is 0.930. The molecule has 0 saturated carbocycles. The molecule has 9 nitrogen and oxygen atoms in total. The van der Waals surface area contributed by atoms with Crippen molar-refractivity contribution in [1.82, 2.24) is 15.0 Å². The van der Waals surface area contributed by atoms with E-state index in [1.54, 1.807) is 11.8 Å². The standard InChI is InChI=1S/C20H22N4O5S/c1-13-10-14(7-8-15(13)24(26)27)28-12-18(25)23(20(2,3)4)11-17-21-19(22-29-17)16-6-5-9-30-16/h5-10H,11-12H2,1-4H3. The van der Waals surface area contributed by atoms with E-state index in [4.69, 9.17) is 9.26 Å². The summed E-state index contributed by atoms with van der Waals surface area (Å²) in [6.07, 6.45) is 0. The summed E-state index contributed by atoms with van der Waals surface area (Å²) in [6.45, 7) is 7.24. The zero-order valence-electron chi connectivity index (χ0n) is 17.1. The van der Waals surface area contributed by atoms with Crippen molar-refractivity contribution in [3.05, 3.63) is 57.3 Å². The Bertz CT molecular complexity index is 1040. The molecule has 0 aliphatic carbocycles. The molecule has 0 atom stereocenters. The Hall–Kier alpha value is -3.27. The van der Waals surface area contributed by atoms with Crippen LogP contribution >= 0.6 is 11.3 Å². The van der Waals surface area contributed by atoms with Crippen LogP contribution in [-0.4, -0.2) is 38.0 Å². The molecule has 0 saturated heterocycles. The molecule has 2 heterocycles. The molecule has 0 spiro atoms. The molecule has 0 bridgehead atoms. The molecular formula is C20H22N4O5S. The average Bonchev–Trinajstić information content (AvgIpc) is 3.34. The van der Waals surface area contributed by atoms with Crippen molar-refractivity contribution >= 4 is 22.9 Å². The molecule has 0 aliphatic heterocycles. The lowest BCUT2D eigenvalue weighted by molar-refractivity contribution is -0.385. The first-order valence-electron chi connectivity index (χ1n) is 9.20. The number of rotatable bonds is 7. The number of nitrogens with zero attached hydrogens (tertiary/aromatic N) is 4. The van der Waals surface area contributed by atoms with Crippen molar-refractivity contribution in [3.8, 4) is 16.5 Å². The maximum atomic E-state index is 12.9. The van der Waals surface area contributed by atoms with E-state index in [9.17, 15) is 14.9 Å². The molecule has 3 aromatic rings. The van der Waals surface area contributed by atoms with Gasteiger partial charge in [-0.2, -0.15) is 4.98 Å². The maximum absolute atomic E-state index is 12.9. The van der Waals surface area contributed by atoms with E-state index >= 15 is 0 Å². The van der Waals surface area contributed by atoms with Crippen molar-refractivity contribution in [2.24, 2.45) is 0 Å². The van der Waals surface area contributed by atoms with Gasteiger partial charge in [-0.15, -0.1) is 11.3 Å². The zero-order valence-corrected chi connectivity index (χ0v) is 17.9. The van der Waals surface area contributed by atoms with Gasteiger partial charge in [0.05, 0.1) is 9.80 Å². The minimum absolute atomic E-state index is 0.00272. The van der Waals surface area contributed by atoms with Gasteiger partial charge in [-0.25, -0.2) is 0 Å². The predicted molar refractivity (Wildman–Crippen MR) is 111 cm³/mol. The number of hydrogen-bond donors (Lipinski definition) is 0. The van der Waals surface area contributed by atoms with Gasteiger partial charge in [0, 0.05) is 17.2 Å². The number of ether oxygens (including phenoxy) is 1. The molecule has 3 rings (SSSR count). The lowest BCUT2D eigenvalue weighted by Gasteiger charge is -2.34. The molecule has 0 N–H and O–H groups in total. The fourth-order valence-corrected chi connectivity index (χ4v) is 3.45. The van der Waals surface area contributed by atoms with Crippen molar-refractivity contribution in [2.45, 2.75) is 39.8 Å². The highest BCUT2D eigenvalue weighted by Crippen LogP contribution is 2.25. The van der Waals surface area contributed by atoms with E-state index in [0.717, 1.165) is 4.88 Å². The summed E-state index contributed by atoms with van der Waals surface area (Å²) in [5, 5.41) is 16.8. The van der Waals surface area contributed by atoms with E-state index < -0.39 is 10.5 Å². The molecular weight excluding hydrogens is 408 g/mol. The summed E-state index contributed by atoms with van der Waals surface area (Å²) in [6, 6.07) is 8.18. The van der Waals surface area contributed by atoms with Gasteiger partial charge < -0.3 is 14.2 Å². The zero-order chi connectivity index (χ0) is 21.9. The topological polar surface area (TPSA) is 112 Å². The van der Waals surface area contributed by atoms with Gasteiger partial charge in [-0.3, -0.25) is 14.9 Å². The summed E-state index contributed by atoms with van der Waals surface area (Å²) < 4.78 is 10.9. The number of thiophene rings is 1. The number of aryl methyl sites for hydroxylation is 1. The molecule has 30 heavy (non-hydrogen) atoms. The monoisotopic (exact) mass is 430 g/mol. The van der Waals surface area contributed by atoms with E-state index in [1.807, 2.05) is 38.3 Å². The first-order chi connectivity index (χ1) is 14.1. The van der Waals surface area contributed by atoms with E-state index in [-0.39, 0.29) is 24.7 Å². The van der Waals surface area contributed by atoms with E-state index in [2.05, 4.69) is 10.1 Å². The Labute approximate surface area is 177 Å². The van der Waals surface area contributed by atoms with Crippen LogP contribution in [0, 0.1) is 17.0 Å². The summed E-state index contributed by atoms with van der Waals surface area (Å²) in [4.78, 5) is 30.2. The quantitative estimate of drug-likeness (QED) is 0.407. The summed E-state index contributed by atoms with van der Waals surface area (Å²) >= 11 is 1.50. The van der Waals surface area contributed by atoms with Crippen LogP contribution in [0.15, 0.2) is 40.2 Å². The van der Waals surface area contributed by atoms with Gasteiger partial charge in [0.25, 0.3) is 11.6 Å². The molecule has 10 heteroatoms. The Morgan fingerprint density at radius 3 is 2.70 bits per heavy atom. The Balaban J connectivity index is 1.69. The molecule has 0 radical (unpaired) electrons. The first-order valence-corrected chi connectivity index (χ1v) is 10.1. The van der Waals surface area contributed by atoms with Gasteiger partial charge in [0.1, 0.15) is 12.3 Å². The fraction of sp³-hybridized carbons (Fsp3) is 0.350. The third kappa shape index (κ3) is 5.01. The van der Waals surface area contributed by atoms with Crippen molar-refractivity contribution < 1.29 is 19.0 Å². The first kappa shape index (κ1) is 21.4. The van der Waals surface area contributed by atoms with Gasteiger partial charge >= 0.3 is 0 Å². The highest BCUT2D eigenvalue weighted by Gasteiger charge is 2.29. The largest absolute Gasteiger partial charge is 0.484 e. The second-order valence-electron chi connectivity index (χ2n) is 7.63. The second-order valence-corrected chi connectivity index (χ2v) is 8.58. The number of hydrogen-bond acceptors (Lipinski definition) is 8. The van der Waals surface area contributed by atoms with Gasteiger partial charge in [0.2, 0.25) is 11.7 Å². The van der Waals surface area contributed by atoms with Crippen molar-refractivity contribution in [1.29, 1.82) is 0 Å². The van der Waals surface area contributed by atoms with Crippen LogP contribution in [0.3, 0.4) is 0 Å². The molecule has 2 aromatic heterocycles. The van der Waals surface area contributed by atoms with Crippen LogP contribution < -0.4 is 4.74 Å². The number of aromatic nitrogens is 2. The fourth-order valence-electron chi connectivity index (χ4n) is 2.81. The van der Waals surface area contributed by atoms with Crippen LogP contribution in [0.25, 0.3) is 10.7 Å². The van der Waals surface area contributed by atoms with Crippen molar-refractivity contribution in [3.63, 3.8) is 0 Å². The number of nitro groups is 1. The highest BCUT2D eigenvalue weighted by molar-refractivity contribution is 7.13. The highest BCUT2D eigenvalue weighted by atomic mass is 32.1. The minimum atomic E-state index is -0.511. The number of carbonyl (C=O) groups excluding carboxylic acids is 1. The summed E-state index contributed by atoms with van der Waals surface area (Å²) in [5.41, 5.74) is -0.0452. The van der Waals surface area contributed by atoms with E-state index in [0.29, 0.717) is 23.0 Å². The molecule has 1 amide bonds.